The summed E-state index contributed by atoms with van der Waals surface area (Å²) in [5, 5.41) is 0. The lowest BCUT2D eigenvalue weighted by atomic mass is 10.2. The Bertz CT molecular complexity index is 467. The van der Waals surface area contributed by atoms with Crippen molar-refractivity contribution in [1.29, 1.82) is 0 Å². The molecule has 14 heavy (non-hydrogen) atoms. The number of benzene rings is 1. The van der Waals surface area contributed by atoms with Crippen LogP contribution in [0.1, 0.15) is 5.76 Å². The smallest absolute Gasteiger partial charge is 0.226 e. The van der Waals surface area contributed by atoms with Gasteiger partial charge in [0.25, 0.3) is 0 Å². The molecule has 0 aliphatic rings. The van der Waals surface area contributed by atoms with Crippen molar-refractivity contribution in [2.24, 2.45) is 0 Å². The Morgan fingerprint density at radius 3 is 2.79 bits per heavy atom. The van der Waals surface area contributed by atoms with Crippen LogP contribution in [0.5, 0.6) is 0 Å². The van der Waals surface area contributed by atoms with E-state index in [9.17, 15) is 4.39 Å². The van der Waals surface area contributed by atoms with Gasteiger partial charge in [-0.1, -0.05) is 0 Å². The molecule has 0 unspecified atom stereocenters. The van der Waals surface area contributed by atoms with Crippen molar-refractivity contribution >= 4 is 22.6 Å². The van der Waals surface area contributed by atoms with Gasteiger partial charge in [0, 0.05) is 9.13 Å². The van der Waals surface area contributed by atoms with E-state index in [1.807, 2.05) is 22.6 Å². The quantitative estimate of drug-likeness (QED) is 0.755. The number of hydrogen-bond donors (Lipinski definition) is 0. The Hall–Kier alpha value is -0.910. The molecule has 0 aliphatic heterocycles. The van der Waals surface area contributed by atoms with E-state index in [2.05, 4.69) is 4.98 Å². The molecule has 4 heteroatoms. The summed E-state index contributed by atoms with van der Waals surface area (Å²) in [5.41, 5.74) is 0.663. The molecule has 0 fully saturated rings. The molecular weight excluding hydrogens is 296 g/mol. The minimum Gasteiger partial charge on any atom is -0.441 e. The van der Waals surface area contributed by atoms with Crippen molar-refractivity contribution in [3.63, 3.8) is 0 Å². The van der Waals surface area contributed by atoms with Gasteiger partial charge in [0.1, 0.15) is 11.6 Å². The average molecular weight is 303 g/mol. The number of rotatable bonds is 1. The highest BCUT2D eigenvalue weighted by atomic mass is 127. The highest BCUT2D eigenvalue weighted by Gasteiger charge is 2.07. The van der Waals surface area contributed by atoms with Gasteiger partial charge in [-0.2, -0.15) is 0 Å². The van der Waals surface area contributed by atoms with Crippen LogP contribution < -0.4 is 0 Å². The standard InChI is InChI=1S/C10H7FINO/c1-6-5-13-10(14-6)7-2-3-9(12)8(11)4-7/h2-5H,1H3. The van der Waals surface area contributed by atoms with Crippen LogP contribution in [-0.2, 0) is 0 Å². The number of halogens is 2. The van der Waals surface area contributed by atoms with E-state index in [1.165, 1.54) is 6.07 Å². The maximum Gasteiger partial charge on any atom is 0.226 e. The monoisotopic (exact) mass is 303 g/mol. The Balaban J connectivity index is 2.47. The maximum absolute atomic E-state index is 13.2. The molecule has 1 aromatic heterocycles. The summed E-state index contributed by atoms with van der Waals surface area (Å²) in [7, 11) is 0. The van der Waals surface area contributed by atoms with E-state index in [4.69, 9.17) is 4.42 Å². The zero-order chi connectivity index (χ0) is 10.1. The molecule has 0 aliphatic carbocycles. The second-order valence-electron chi connectivity index (χ2n) is 2.90. The van der Waals surface area contributed by atoms with Crippen molar-refractivity contribution < 1.29 is 8.81 Å². The summed E-state index contributed by atoms with van der Waals surface area (Å²) in [6, 6.07) is 4.91. The largest absolute Gasteiger partial charge is 0.441 e. The van der Waals surface area contributed by atoms with E-state index in [-0.39, 0.29) is 5.82 Å². The van der Waals surface area contributed by atoms with Crippen molar-refractivity contribution in [2.45, 2.75) is 6.92 Å². The second kappa shape index (κ2) is 3.68. The van der Waals surface area contributed by atoms with E-state index >= 15 is 0 Å². The minimum atomic E-state index is -0.251. The zero-order valence-electron chi connectivity index (χ0n) is 7.42. The Labute approximate surface area is 94.3 Å². The maximum atomic E-state index is 13.2. The molecule has 0 saturated carbocycles. The fourth-order valence-corrected chi connectivity index (χ4v) is 1.45. The predicted molar refractivity (Wildman–Crippen MR) is 59.4 cm³/mol. The molecule has 72 valence electrons. The van der Waals surface area contributed by atoms with Gasteiger partial charge in [0.15, 0.2) is 0 Å². The van der Waals surface area contributed by atoms with Gasteiger partial charge in [-0.15, -0.1) is 0 Å². The number of hydrogen-bond acceptors (Lipinski definition) is 2. The van der Waals surface area contributed by atoms with Crippen LogP contribution in [0.25, 0.3) is 11.5 Å². The molecule has 2 rings (SSSR count). The fourth-order valence-electron chi connectivity index (χ4n) is 1.12. The first-order valence-corrected chi connectivity index (χ1v) is 5.12. The van der Waals surface area contributed by atoms with Gasteiger partial charge >= 0.3 is 0 Å². The first-order valence-electron chi connectivity index (χ1n) is 4.04. The first kappa shape index (κ1) is 9.64. The van der Waals surface area contributed by atoms with Crippen LogP contribution in [-0.4, -0.2) is 4.98 Å². The third-order valence-electron chi connectivity index (χ3n) is 1.79. The van der Waals surface area contributed by atoms with E-state index in [0.29, 0.717) is 15.0 Å². The van der Waals surface area contributed by atoms with Crippen LogP contribution in [0.3, 0.4) is 0 Å². The lowest BCUT2D eigenvalue weighted by molar-refractivity contribution is 0.541. The lowest BCUT2D eigenvalue weighted by Gasteiger charge is -1.97. The zero-order valence-corrected chi connectivity index (χ0v) is 9.58. The third-order valence-corrected chi connectivity index (χ3v) is 2.66. The Morgan fingerprint density at radius 1 is 1.43 bits per heavy atom. The predicted octanol–water partition coefficient (Wildman–Crippen LogP) is 3.39. The molecule has 2 aromatic rings. The van der Waals surface area contributed by atoms with Gasteiger partial charge in [0.05, 0.1) is 6.20 Å². The molecule has 0 saturated heterocycles. The molecule has 0 radical (unpaired) electrons. The van der Waals surface area contributed by atoms with Crippen molar-refractivity contribution in [3.05, 3.63) is 39.5 Å². The highest BCUT2D eigenvalue weighted by Crippen LogP contribution is 2.22. The normalized spacial score (nSPS) is 10.5. The summed E-state index contributed by atoms with van der Waals surface area (Å²) < 4.78 is 19.1. The highest BCUT2D eigenvalue weighted by molar-refractivity contribution is 14.1. The van der Waals surface area contributed by atoms with Gasteiger partial charge in [0.2, 0.25) is 5.89 Å². The van der Waals surface area contributed by atoms with Crippen LogP contribution in [0.15, 0.2) is 28.8 Å². The van der Waals surface area contributed by atoms with Gasteiger partial charge < -0.3 is 4.42 Å². The van der Waals surface area contributed by atoms with Crippen LogP contribution >= 0.6 is 22.6 Å². The molecule has 0 bridgehead atoms. The summed E-state index contributed by atoms with van der Waals surface area (Å²) in [6.07, 6.45) is 1.62. The van der Waals surface area contributed by atoms with Crippen molar-refractivity contribution in [2.75, 3.05) is 0 Å². The van der Waals surface area contributed by atoms with E-state index in [1.54, 1.807) is 25.3 Å². The molecule has 0 amide bonds. The number of aryl methyl sites for hydroxylation is 1. The summed E-state index contributed by atoms with van der Waals surface area (Å²) in [6.45, 7) is 1.81. The van der Waals surface area contributed by atoms with Gasteiger partial charge in [-0.3, -0.25) is 0 Å². The third kappa shape index (κ3) is 1.79. The Kier molecular flexibility index (Phi) is 2.54. The van der Waals surface area contributed by atoms with Crippen LogP contribution in [0.2, 0.25) is 0 Å². The average Bonchev–Trinajstić information content (AvgIpc) is 2.57. The molecule has 0 spiro atoms. The summed E-state index contributed by atoms with van der Waals surface area (Å²) in [4.78, 5) is 4.02. The SMILES string of the molecule is Cc1cnc(-c2ccc(I)c(F)c2)o1. The van der Waals surface area contributed by atoms with Crippen molar-refractivity contribution in [1.82, 2.24) is 4.98 Å². The Morgan fingerprint density at radius 2 is 2.21 bits per heavy atom. The molecular formula is C10H7FINO. The molecule has 0 N–H and O–H groups in total. The molecule has 1 aromatic carbocycles. The van der Waals surface area contributed by atoms with Crippen LogP contribution in [0, 0.1) is 16.3 Å². The second-order valence-corrected chi connectivity index (χ2v) is 4.07. The molecule has 2 nitrogen and oxygen atoms in total. The van der Waals surface area contributed by atoms with Crippen LogP contribution in [0.4, 0.5) is 4.39 Å². The van der Waals surface area contributed by atoms with Gasteiger partial charge in [-0.05, 0) is 47.7 Å². The number of nitrogens with zero attached hydrogens (tertiary/aromatic N) is 1. The lowest BCUT2D eigenvalue weighted by Crippen LogP contribution is -1.83. The topological polar surface area (TPSA) is 26.0 Å². The summed E-state index contributed by atoms with van der Waals surface area (Å²) in [5.74, 6) is 0.927. The number of oxazole rings is 1. The van der Waals surface area contributed by atoms with E-state index < -0.39 is 0 Å². The minimum absolute atomic E-state index is 0.251. The van der Waals surface area contributed by atoms with Crippen molar-refractivity contribution in [3.8, 4) is 11.5 Å². The fraction of sp³-hybridized carbons (Fsp3) is 0.100. The van der Waals surface area contributed by atoms with E-state index in [0.717, 1.165) is 5.76 Å². The summed E-state index contributed by atoms with van der Waals surface area (Å²) >= 11 is 1.94. The molecule has 0 atom stereocenters. The first-order chi connectivity index (χ1) is 6.66. The molecule has 1 heterocycles. The van der Waals surface area contributed by atoms with Gasteiger partial charge in [-0.25, -0.2) is 9.37 Å². The number of aromatic nitrogens is 1.